The molecule has 1 aromatic carbocycles. The van der Waals surface area contributed by atoms with Crippen molar-refractivity contribution >= 4 is 29.3 Å². The molecule has 0 aliphatic carbocycles. The molecular weight excluding hydrogens is 280 g/mol. The Morgan fingerprint density at radius 3 is 2.50 bits per heavy atom. The normalized spacial score (nSPS) is 11.0. The van der Waals surface area contributed by atoms with Gasteiger partial charge in [-0.15, -0.1) is 0 Å². The molecule has 0 fully saturated rings. The van der Waals surface area contributed by atoms with Crippen LogP contribution in [0.1, 0.15) is 44.0 Å². The van der Waals surface area contributed by atoms with Gasteiger partial charge in [-0.25, -0.2) is 9.59 Å². The molecule has 0 spiro atoms. The van der Waals surface area contributed by atoms with E-state index in [0.717, 1.165) is 12.8 Å². The lowest BCUT2D eigenvalue weighted by molar-refractivity contribution is 0.0697. The van der Waals surface area contributed by atoms with Gasteiger partial charge in [0.25, 0.3) is 0 Å². The number of benzene rings is 1. The minimum Gasteiger partial charge on any atom is -0.478 e. The standard InChI is InChI=1S/C14H19ClN2O3/c1-4-7-14(2,3)17-13(20)16-9-5-6-10(12(18)19)11(15)8-9/h5-6,8H,4,7H2,1-3H3,(H,18,19)(H2,16,17,20). The predicted octanol–water partition coefficient (Wildman–Crippen LogP) is 3.74. The van der Waals surface area contributed by atoms with E-state index < -0.39 is 5.97 Å². The third-order valence-corrected chi connectivity index (χ3v) is 3.10. The fourth-order valence-corrected chi connectivity index (χ4v) is 2.18. The molecule has 5 nitrogen and oxygen atoms in total. The van der Waals surface area contributed by atoms with Crippen LogP contribution in [0.25, 0.3) is 0 Å². The number of carboxylic acids is 1. The van der Waals surface area contributed by atoms with E-state index in [0.29, 0.717) is 5.69 Å². The first-order chi connectivity index (χ1) is 9.25. The number of carbonyl (C=O) groups excluding carboxylic acids is 1. The van der Waals surface area contributed by atoms with E-state index in [-0.39, 0.29) is 22.2 Å². The zero-order valence-electron chi connectivity index (χ0n) is 11.8. The van der Waals surface area contributed by atoms with Gasteiger partial charge in [0.2, 0.25) is 0 Å². The van der Waals surface area contributed by atoms with Crippen molar-refractivity contribution in [1.29, 1.82) is 0 Å². The van der Waals surface area contributed by atoms with Crippen LogP contribution >= 0.6 is 11.6 Å². The molecule has 0 unspecified atom stereocenters. The van der Waals surface area contributed by atoms with Gasteiger partial charge in [0.1, 0.15) is 0 Å². The highest BCUT2D eigenvalue weighted by atomic mass is 35.5. The summed E-state index contributed by atoms with van der Waals surface area (Å²) in [5.74, 6) is -1.10. The fourth-order valence-electron chi connectivity index (χ4n) is 1.92. The molecule has 20 heavy (non-hydrogen) atoms. The first-order valence-corrected chi connectivity index (χ1v) is 6.75. The molecule has 0 saturated heterocycles. The summed E-state index contributed by atoms with van der Waals surface area (Å²) in [6, 6.07) is 3.93. The maximum atomic E-state index is 11.9. The van der Waals surface area contributed by atoms with Crippen LogP contribution in [0.15, 0.2) is 18.2 Å². The zero-order valence-corrected chi connectivity index (χ0v) is 12.5. The smallest absolute Gasteiger partial charge is 0.337 e. The van der Waals surface area contributed by atoms with E-state index in [2.05, 4.69) is 10.6 Å². The number of rotatable bonds is 5. The molecule has 3 N–H and O–H groups in total. The Bertz CT molecular complexity index is 515. The van der Waals surface area contributed by atoms with Crippen molar-refractivity contribution < 1.29 is 14.7 Å². The first kappa shape index (κ1) is 16.3. The molecule has 0 aromatic heterocycles. The summed E-state index contributed by atoms with van der Waals surface area (Å²) in [5, 5.41) is 14.4. The lowest BCUT2D eigenvalue weighted by Gasteiger charge is -2.25. The Balaban J connectivity index is 2.72. The van der Waals surface area contributed by atoms with Crippen LogP contribution in [-0.2, 0) is 0 Å². The van der Waals surface area contributed by atoms with Crippen LogP contribution in [0.4, 0.5) is 10.5 Å². The van der Waals surface area contributed by atoms with Gasteiger partial charge in [-0.2, -0.15) is 0 Å². The van der Waals surface area contributed by atoms with E-state index in [1.807, 2.05) is 20.8 Å². The molecule has 2 amide bonds. The van der Waals surface area contributed by atoms with Gasteiger partial charge in [0, 0.05) is 11.2 Å². The lowest BCUT2D eigenvalue weighted by Crippen LogP contribution is -2.45. The molecular formula is C14H19ClN2O3. The molecule has 110 valence electrons. The number of carbonyl (C=O) groups is 2. The Labute approximate surface area is 123 Å². The molecule has 1 aromatic rings. The van der Waals surface area contributed by atoms with Crippen LogP contribution in [0, 0.1) is 0 Å². The van der Waals surface area contributed by atoms with E-state index in [4.69, 9.17) is 16.7 Å². The van der Waals surface area contributed by atoms with Crippen LogP contribution in [0.2, 0.25) is 5.02 Å². The number of hydrogen-bond donors (Lipinski definition) is 3. The summed E-state index contributed by atoms with van der Waals surface area (Å²) in [4.78, 5) is 22.7. The molecule has 0 heterocycles. The van der Waals surface area contributed by atoms with Gasteiger partial charge < -0.3 is 15.7 Å². The Morgan fingerprint density at radius 2 is 2.00 bits per heavy atom. The van der Waals surface area contributed by atoms with E-state index in [1.54, 1.807) is 0 Å². The Hall–Kier alpha value is -1.75. The Morgan fingerprint density at radius 1 is 1.35 bits per heavy atom. The average Bonchev–Trinajstić information content (AvgIpc) is 2.26. The number of amides is 2. The zero-order chi connectivity index (χ0) is 15.3. The summed E-state index contributed by atoms with van der Waals surface area (Å²) >= 11 is 5.84. The second-order valence-electron chi connectivity index (χ2n) is 5.21. The molecule has 6 heteroatoms. The molecule has 0 saturated carbocycles. The third kappa shape index (κ3) is 4.74. The maximum Gasteiger partial charge on any atom is 0.337 e. The number of carboxylic acid groups (broad SMARTS) is 1. The second-order valence-corrected chi connectivity index (χ2v) is 5.62. The SMILES string of the molecule is CCCC(C)(C)NC(=O)Nc1ccc(C(=O)O)c(Cl)c1. The summed E-state index contributed by atoms with van der Waals surface area (Å²) in [5.41, 5.74) is 0.151. The summed E-state index contributed by atoms with van der Waals surface area (Å²) in [7, 11) is 0. The molecule has 0 aliphatic rings. The maximum absolute atomic E-state index is 11.9. The van der Waals surface area contributed by atoms with E-state index in [9.17, 15) is 9.59 Å². The average molecular weight is 299 g/mol. The van der Waals surface area contributed by atoms with Crippen molar-refractivity contribution in [2.24, 2.45) is 0 Å². The minimum absolute atomic E-state index is 0.00365. The minimum atomic E-state index is -1.10. The quantitative estimate of drug-likeness (QED) is 0.775. The van der Waals surface area contributed by atoms with Gasteiger partial charge >= 0.3 is 12.0 Å². The summed E-state index contributed by atoms with van der Waals surface area (Å²) in [6.45, 7) is 5.93. The number of urea groups is 1. The second kappa shape index (κ2) is 6.61. The molecule has 0 radical (unpaired) electrons. The number of halogens is 1. The van der Waals surface area contributed by atoms with E-state index in [1.165, 1.54) is 18.2 Å². The van der Waals surface area contributed by atoms with Crippen molar-refractivity contribution in [3.8, 4) is 0 Å². The Kier molecular flexibility index (Phi) is 5.39. The third-order valence-electron chi connectivity index (χ3n) is 2.78. The molecule has 0 bridgehead atoms. The highest BCUT2D eigenvalue weighted by molar-refractivity contribution is 6.33. The molecule has 0 aliphatic heterocycles. The topological polar surface area (TPSA) is 78.4 Å². The highest BCUT2D eigenvalue weighted by Crippen LogP contribution is 2.21. The predicted molar refractivity (Wildman–Crippen MR) is 79.6 cm³/mol. The van der Waals surface area contributed by atoms with Crippen molar-refractivity contribution in [1.82, 2.24) is 5.32 Å². The van der Waals surface area contributed by atoms with Crippen molar-refractivity contribution in [3.63, 3.8) is 0 Å². The monoisotopic (exact) mass is 298 g/mol. The van der Waals surface area contributed by atoms with E-state index >= 15 is 0 Å². The molecule has 1 rings (SSSR count). The van der Waals surface area contributed by atoms with Gasteiger partial charge in [-0.05, 0) is 38.5 Å². The van der Waals surface area contributed by atoms with Gasteiger partial charge in [0.05, 0.1) is 10.6 Å². The number of anilines is 1. The van der Waals surface area contributed by atoms with Crippen molar-refractivity contribution in [2.45, 2.75) is 39.2 Å². The van der Waals surface area contributed by atoms with Crippen LogP contribution in [0.5, 0.6) is 0 Å². The first-order valence-electron chi connectivity index (χ1n) is 6.37. The van der Waals surface area contributed by atoms with Gasteiger partial charge in [-0.3, -0.25) is 0 Å². The fraction of sp³-hybridized carbons (Fsp3) is 0.429. The van der Waals surface area contributed by atoms with Crippen molar-refractivity contribution in [2.75, 3.05) is 5.32 Å². The summed E-state index contributed by atoms with van der Waals surface area (Å²) in [6.07, 6.45) is 1.82. The molecule has 0 atom stereocenters. The van der Waals surface area contributed by atoms with Gasteiger partial charge in [-0.1, -0.05) is 24.9 Å². The van der Waals surface area contributed by atoms with Crippen LogP contribution < -0.4 is 10.6 Å². The van der Waals surface area contributed by atoms with Crippen LogP contribution in [0.3, 0.4) is 0 Å². The van der Waals surface area contributed by atoms with Crippen molar-refractivity contribution in [3.05, 3.63) is 28.8 Å². The van der Waals surface area contributed by atoms with Gasteiger partial charge in [0.15, 0.2) is 0 Å². The number of hydrogen-bond acceptors (Lipinski definition) is 2. The number of nitrogens with one attached hydrogen (secondary N) is 2. The lowest BCUT2D eigenvalue weighted by atomic mass is 9.99. The van der Waals surface area contributed by atoms with Crippen LogP contribution in [-0.4, -0.2) is 22.6 Å². The highest BCUT2D eigenvalue weighted by Gasteiger charge is 2.19. The number of aromatic carboxylic acids is 1. The summed E-state index contributed by atoms with van der Waals surface area (Å²) < 4.78 is 0. The largest absolute Gasteiger partial charge is 0.478 e.